The zero-order valence-electron chi connectivity index (χ0n) is 43.8. The van der Waals surface area contributed by atoms with Gasteiger partial charge in [-0.1, -0.05) is 179 Å². The lowest BCUT2D eigenvalue weighted by molar-refractivity contribution is 0.426. The van der Waals surface area contributed by atoms with E-state index >= 15 is 0 Å². The smallest absolute Gasteiger partial charge is 0.423 e. The van der Waals surface area contributed by atoms with Crippen LogP contribution in [0.1, 0.15) is 49.9 Å². The number of aromatic nitrogens is 4. The average molecular weight is 1010 g/mol. The predicted molar refractivity (Wildman–Crippen MR) is 322 cm³/mol. The van der Waals surface area contributed by atoms with Crippen LogP contribution in [0.25, 0.3) is 88.4 Å². The minimum absolute atomic E-state index is 0.137. The number of nitrogens with zero attached hydrogens (tertiary/aromatic N) is 5. The Morgan fingerprint density at radius 1 is 0.372 bits per heavy atom. The third-order valence-corrected chi connectivity index (χ3v) is 16.6. The van der Waals surface area contributed by atoms with Crippen molar-refractivity contribution in [3.63, 3.8) is 0 Å². The maximum absolute atomic E-state index is 9.57. The van der Waals surface area contributed by atoms with Gasteiger partial charge in [0, 0.05) is 85.4 Å². The van der Waals surface area contributed by atoms with Crippen molar-refractivity contribution in [1.29, 1.82) is 0 Å². The van der Waals surface area contributed by atoms with E-state index in [4.69, 9.17) is 0 Å². The minimum atomic E-state index is -1.47. The van der Waals surface area contributed by atoms with Gasteiger partial charge in [0.15, 0.2) is 0 Å². The first-order chi connectivity index (χ1) is 38.0. The van der Waals surface area contributed by atoms with Gasteiger partial charge in [-0.3, -0.25) is 9.97 Å². The quantitative estimate of drug-likeness (QED) is 0.156. The molecule has 9 aromatic carbocycles. The fourth-order valence-electron chi connectivity index (χ4n) is 12.5. The number of benzene rings is 9. The molecule has 78 heavy (non-hydrogen) atoms. The van der Waals surface area contributed by atoms with Crippen molar-refractivity contribution in [2.45, 2.75) is 38.5 Å². The van der Waals surface area contributed by atoms with E-state index in [1.54, 1.807) is 6.07 Å². The number of hydrogen-bond donors (Lipinski definition) is 2. The second kappa shape index (κ2) is 18.2. The Morgan fingerprint density at radius 2 is 0.769 bits per heavy atom. The fourth-order valence-corrected chi connectivity index (χ4v) is 12.5. The second-order valence-electron chi connectivity index (χ2n) is 21.7. The Morgan fingerprint density at radius 3 is 1.22 bits per heavy atom. The highest BCUT2D eigenvalue weighted by molar-refractivity contribution is 6.59. The van der Waals surface area contributed by atoms with E-state index in [0.717, 1.165) is 39.0 Å². The SMILES string of the molecule is CC1(C)c2cnccc2-n2c3ccc(-c4ccc(N(c5ccc(-c6ccccc6)cc5)c5ccc(-c6ccccc6)cc5)cc4)cc3c3cccc1c32.CC1(C)c2cnccc2-n2c3ccc(B(O)O)cc3c3cccc1c32. The summed E-state index contributed by atoms with van der Waals surface area (Å²) in [4.78, 5) is 11.2. The third kappa shape index (κ3) is 7.43. The second-order valence-corrected chi connectivity index (χ2v) is 21.7. The molecule has 15 rings (SSSR count). The van der Waals surface area contributed by atoms with Crippen LogP contribution in [0, 0.1) is 0 Å². The number of para-hydroxylation sites is 2. The summed E-state index contributed by atoms with van der Waals surface area (Å²) in [5.41, 5.74) is 22.9. The zero-order valence-corrected chi connectivity index (χ0v) is 43.8. The molecule has 0 saturated heterocycles. The summed E-state index contributed by atoms with van der Waals surface area (Å²) in [6.45, 7) is 9.09. The number of hydrogen-bond acceptors (Lipinski definition) is 5. The number of pyridine rings is 2. The molecule has 8 heteroatoms. The Labute approximate surface area is 453 Å². The molecule has 6 heterocycles. The van der Waals surface area contributed by atoms with Gasteiger partial charge in [-0.2, -0.15) is 0 Å². The van der Waals surface area contributed by atoms with Gasteiger partial charge in [-0.05, 0) is 117 Å². The van der Waals surface area contributed by atoms with E-state index in [1.807, 2.05) is 36.9 Å². The molecule has 0 atom stereocenters. The first kappa shape index (κ1) is 47.1. The van der Waals surface area contributed by atoms with E-state index in [9.17, 15) is 10.0 Å². The summed E-state index contributed by atoms with van der Waals surface area (Å²) in [6, 6.07) is 77.8. The zero-order chi connectivity index (χ0) is 52.9. The predicted octanol–water partition coefficient (Wildman–Crippen LogP) is 15.8. The van der Waals surface area contributed by atoms with Gasteiger partial charge in [-0.15, -0.1) is 0 Å². The minimum Gasteiger partial charge on any atom is -0.423 e. The van der Waals surface area contributed by atoms with Crippen molar-refractivity contribution < 1.29 is 10.0 Å². The van der Waals surface area contributed by atoms with E-state index in [1.165, 1.54) is 88.6 Å². The van der Waals surface area contributed by atoms with Crippen LogP contribution in [0.3, 0.4) is 0 Å². The summed E-state index contributed by atoms with van der Waals surface area (Å²) in [5, 5.41) is 23.8. The summed E-state index contributed by atoms with van der Waals surface area (Å²) in [7, 11) is -1.47. The molecule has 13 aromatic rings. The Hall–Kier alpha value is -9.34. The number of rotatable bonds is 7. The van der Waals surface area contributed by atoms with Gasteiger partial charge in [-0.25, -0.2) is 0 Å². The third-order valence-electron chi connectivity index (χ3n) is 16.6. The van der Waals surface area contributed by atoms with Crippen LogP contribution < -0.4 is 10.4 Å². The molecule has 7 nitrogen and oxygen atoms in total. The van der Waals surface area contributed by atoms with Gasteiger partial charge < -0.3 is 24.1 Å². The average Bonchev–Trinajstić information content (AvgIpc) is 3.98. The van der Waals surface area contributed by atoms with E-state index in [2.05, 4.69) is 252 Å². The maximum Gasteiger partial charge on any atom is 0.488 e. The van der Waals surface area contributed by atoms with E-state index in [0.29, 0.717) is 5.46 Å². The van der Waals surface area contributed by atoms with E-state index in [-0.39, 0.29) is 10.8 Å². The molecule has 0 bridgehead atoms. The molecular weight excluding hydrogens is 954 g/mol. The summed E-state index contributed by atoms with van der Waals surface area (Å²) in [5.74, 6) is 0. The van der Waals surface area contributed by atoms with E-state index < -0.39 is 7.12 Å². The lowest BCUT2D eigenvalue weighted by Crippen LogP contribution is -2.29. The van der Waals surface area contributed by atoms with Crippen LogP contribution in [0.5, 0.6) is 0 Å². The van der Waals surface area contributed by atoms with Crippen LogP contribution in [0.4, 0.5) is 17.1 Å². The van der Waals surface area contributed by atoms with Crippen molar-refractivity contribution in [2.24, 2.45) is 0 Å². The number of fused-ring (bicyclic) bond motifs is 10. The van der Waals surface area contributed by atoms with Crippen molar-refractivity contribution >= 4 is 73.3 Å². The standard InChI is InChI=1S/C50H37N3.C20H17BN2O2/c1-50(2)45-15-9-14-43-44-32-39(22-29-47(44)53(49(43)45)48-30-31-51-33-46(48)50)38-20-27-42(28-21-38)52(40-23-16-36(17-24-40)34-10-5-3-6-11-34)41-25-18-37(19-26-41)35-12-7-4-8-13-35;1-20(2)15-5-3-4-13-14-10-12(21(24)25)6-7-17(14)23(19(13)15)18-8-9-22-11-16(18)20/h3-33H,1-2H3;3-11,24-25H,1-2H3. The largest absolute Gasteiger partial charge is 0.488 e. The molecule has 2 N–H and O–H groups in total. The van der Waals surface area contributed by atoms with Crippen LogP contribution in [0.2, 0.25) is 0 Å². The molecule has 0 fully saturated rings. The van der Waals surface area contributed by atoms with Gasteiger partial charge in [0.2, 0.25) is 0 Å². The maximum atomic E-state index is 9.57. The molecule has 0 saturated carbocycles. The Bertz CT molecular complexity index is 4370. The fraction of sp³-hybridized carbons (Fsp3) is 0.0857. The lowest BCUT2D eigenvalue weighted by atomic mass is 9.75. The highest BCUT2D eigenvalue weighted by Crippen LogP contribution is 2.49. The van der Waals surface area contributed by atoms with Crippen molar-refractivity contribution in [2.75, 3.05) is 4.90 Å². The molecule has 374 valence electrons. The molecular formula is C70H54BN5O2. The van der Waals surface area contributed by atoms with Crippen LogP contribution in [0.15, 0.2) is 243 Å². The molecule has 0 radical (unpaired) electrons. The molecule has 0 amide bonds. The first-order valence-electron chi connectivity index (χ1n) is 26.7. The summed E-state index contributed by atoms with van der Waals surface area (Å²) in [6.07, 6.45) is 7.73. The molecule has 0 aliphatic carbocycles. The highest BCUT2D eigenvalue weighted by Gasteiger charge is 2.37. The van der Waals surface area contributed by atoms with Crippen LogP contribution in [-0.4, -0.2) is 36.3 Å². The molecule has 4 aromatic heterocycles. The Kier molecular flexibility index (Phi) is 11.0. The molecule has 0 unspecified atom stereocenters. The topological polar surface area (TPSA) is 79.3 Å². The number of anilines is 3. The normalized spacial score (nSPS) is 13.5. The highest BCUT2D eigenvalue weighted by atomic mass is 16.4. The van der Waals surface area contributed by atoms with Gasteiger partial charge >= 0.3 is 7.12 Å². The summed E-state index contributed by atoms with van der Waals surface area (Å²) < 4.78 is 4.72. The van der Waals surface area contributed by atoms with Gasteiger partial charge in [0.1, 0.15) is 0 Å². The molecule has 2 aliphatic rings. The summed E-state index contributed by atoms with van der Waals surface area (Å²) >= 11 is 0. The van der Waals surface area contributed by atoms with Gasteiger partial charge in [0.05, 0.1) is 33.4 Å². The van der Waals surface area contributed by atoms with Crippen molar-refractivity contribution in [3.8, 4) is 44.8 Å². The van der Waals surface area contributed by atoms with Crippen molar-refractivity contribution in [3.05, 3.63) is 265 Å². The molecule has 0 spiro atoms. The van der Waals surface area contributed by atoms with Crippen LogP contribution >= 0.6 is 0 Å². The molecule has 2 aliphatic heterocycles. The van der Waals surface area contributed by atoms with Crippen LogP contribution in [-0.2, 0) is 10.8 Å². The first-order valence-corrected chi connectivity index (χ1v) is 26.7. The lowest BCUT2D eigenvalue weighted by Gasteiger charge is -2.34. The Balaban J connectivity index is 0.000000184. The monoisotopic (exact) mass is 1010 g/mol. The van der Waals surface area contributed by atoms with Gasteiger partial charge in [0.25, 0.3) is 0 Å². The van der Waals surface area contributed by atoms with Crippen molar-refractivity contribution in [1.82, 2.24) is 19.1 Å².